The Bertz CT molecular complexity index is 674. The molecule has 19 heavy (non-hydrogen) atoms. The lowest BCUT2D eigenvalue weighted by Crippen LogP contribution is -2.12. The summed E-state index contributed by atoms with van der Waals surface area (Å²) in [6.07, 6.45) is 2.00. The maximum atomic E-state index is 3.53. The number of aryl methyl sites for hydroxylation is 2. The van der Waals surface area contributed by atoms with Crippen molar-refractivity contribution in [3.05, 3.63) is 57.4 Å². The van der Waals surface area contributed by atoms with Crippen LogP contribution < -0.4 is 5.32 Å². The summed E-state index contributed by atoms with van der Waals surface area (Å²) in [5.74, 6) is 0. The molecule has 0 unspecified atom stereocenters. The minimum absolute atomic E-state index is 0.897. The van der Waals surface area contributed by atoms with Crippen LogP contribution in [0, 0.1) is 13.8 Å². The van der Waals surface area contributed by atoms with Crippen LogP contribution in [-0.2, 0) is 13.1 Å². The molecule has 0 aliphatic heterocycles. The van der Waals surface area contributed by atoms with E-state index < -0.39 is 0 Å². The second-order valence-electron chi connectivity index (χ2n) is 4.91. The van der Waals surface area contributed by atoms with Crippen molar-refractivity contribution in [3.63, 3.8) is 0 Å². The highest BCUT2D eigenvalue weighted by atomic mass is 32.1. The zero-order chi connectivity index (χ0) is 13.2. The van der Waals surface area contributed by atoms with Gasteiger partial charge in [0.05, 0.1) is 0 Å². The van der Waals surface area contributed by atoms with E-state index in [1.807, 2.05) is 17.5 Å². The third-order valence-electron chi connectivity index (χ3n) is 3.51. The largest absolute Gasteiger partial charge is 0.361 e. The number of nitrogens with one attached hydrogen (secondary N) is 2. The SMILES string of the molecule is Cc1cc(CNCc2cccc3cc[nH]c23)sc1C. The van der Waals surface area contributed by atoms with Crippen molar-refractivity contribution in [2.75, 3.05) is 0 Å². The highest BCUT2D eigenvalue weighted by molar-refractivity contribution is 7.12. The lowest BCUT2D eigenvalue weighted by molar-refractivity contribution is 0.703. The van der Waals surface area contributed by atoms with Crippen LogP contribution in [0.1, 0.15) is 20.9 Å². The third-order valence-corrected chi connectivity index (χ3v) is 4.66. The molecule has 2 aromatic heterocycles. The van der Waals surface area contributed by atoms with E-state index in [0.717, 1.165) is 13.1 Å². The van der Waals surface area contributed by atoms with Crippen molar-refractivity contribution < 1.29 is 0 Å². The molecule has 2 nitrogen and oxygen atoms in total. The maximum Gasteiger partial charge on any atom is 0.0499 e. The van der Waals surface area contributed by atoms with Gasteiger partial charge in [0.25, 0.3) is 0 Å². The molecular formula is C16H18N2S. The van der Waals surface area contributed by atoms with Gasteiger partial charge < -0.3 is 10.3 Å². The molecule has 98 valence electrons. The number of aromatic amines is 1. The van der Waals surface area contributed by atoms with Crippen LogP contribution in [0.2, 0.25) is 0 Å². The van der Waals surface area contributed by atoms with Crippen LogP contribution in [0.5, 0.6) is 0 Å². The molecule has 0 radical (unpaired) electrons. The monoisotopic (exact) mass is 270 g/mol. The van der Waals surface area contributed by atoms with E-state index in [-0.39, 0.29) is 0 Å². The first kappa shape index (κ1) is 12.5. The summed E-state index contributed by atoms with van der Waals surface area (Å²) >= 11 is 1.88. The zero-order valence-electron chi connectivity index (χ0n) is 11.3. The predicted molar refractivity (Wildman–Crippen MR) is 82.6 cm³/mol. The van der Waals surface area contributed by atoms with Gasteiger partial charge in [0.2, 0.25) is 0 Å². The Labute approximate surface area is 117 Å². The molecule has 0 saturated heterocycles. The Morgan fingerprint density at radius 3 is 2.84 bits per heavy atom. The Balaban J connectivity index is 1.68. The normalized spacial score (nSPS) is 11.3. The lowest BCUT2D eigenvalue weighted by atomic mass is 10.1. The molecular weight excluding hydrogens is 252 g/mol. The molecule has 0 amide bonds. The second-order valence-corrected chi connectivity index (χ2v) is 6.26. The lowest BCUT2D eigenvalue weighted by Gasteiger charge is -2.05. The Hall–Kier alpha value is -1.58. The van der Waals surface area contributed by atoms with Gasteiger partial charge >= 0.3 is 0 Å². The molecule has 0 atom stereocenters. The van der Waals surface area contributed by atoms with Crippen LogP contribution in [0.15, 0.2) is 36.5 Å². The smallest absolute Gasteiger partial charge is 0.0499 e. The maximum absolute atomic E-state index is 3.53. The van der Waals surface area contributed by atoms with Gasteiger partial charge in [0.1, 0.15) is 0 Å². The quantitative estimate of drug-likeness (QED) is 0.733. The second kappa shape index (κ2) is 5.19. The van der Waals surface area contributed by atoms with Crippen LogP contribution >= 0.6 is 11.3 Å². The van der Waals surface area contributed by atoms with E-state index in [9.17, 15) is 0 Å². The molecule has 0 aliphatic carbocycles. The van der Waals surface area contributed by atoms with Crippen molar-refractivity contribution in [2.45, 2.75) is 26.9 Å². The summed E-state index contributed by atoms with van der Waals surface area (Å²) in [7, 11) is 0. The van der Waals surface area contributed by atoms with E-state index in [1.54, 1.807) is 0 Å². The van der Waals surface area contributed by atoms with Crippen LogP contribution in [-0.4, -0.2) is 4.98 Å². The van der Waals surface area contributed by atoms with Gasteiger partial charge in [-0.25, -0.2) is 0 Å². The van der Waals surface area contributed by atoms with E-state index in [4.69, 9.17) is 0 Å². The van der Waals surface area contributed by atoms with Crippen LogP contribution in [0.4, 0.5) is 0 Å². The number of hydrogen-bond acceptors (Lipinski definition) is 2. The molecule has 0 spiro atoms. The molecule has 2 heterocycles. The number of para-hydroxylation sites is 1. The fourth-order valence-electron chi connectivity index (χ4n) is 2.35. The number of benzene rings is 1. The summed E-state index contributed by atoms with van der Waals surface area (Å²) in [6, 6.07) is 10.8. The van der Waals surface area contributed by atoms with Crippen molar-refractivity contribution in [2.24, 2.45) is 0 Å². The van der Waals surface area contributed by atoms with Gasteiger partial charge in [0.15, 0.2) is 0 Å². The number of thiophene rings is 1. The van der Waals surface area contributed by atoms with E-state index in [0.29, 0.717) is 0 Å². The molecule has 0 saturated carbocycles. The van der Waals surface area contributed by atoms with Gasteiger partial charge in [0, 0.05) is 34.6 Å². The molecule has 0 fully saturated rings. The topological polar surface area (TPSA) is 27.8 Å². The van der Waals surface area contributed by atoms with Gasteiger partial charge in [-0.15, -0.1) is 11.3 Å². The van der Waals surface area contributed by atoms with E-state index in [1.165, 1.54) is 31.8 Å². The van der Waals surface area contributed by atoms with Crippen molar-refractivity contribution in [1.82, 2.24) is 10.3 Å². The number of aromatic nitrogens is 1. The Morgan fingerprint density at radius 2 is 2.05 bits per heavy atom. The molecule has 0 aliphatic rings. The van der Waals surface area contributed by atoms with Crippen LogP contribution in [0.3, 0.4) is 0 Å². The minimum atomic E-state index is 0.897. The van der Waals surface area contributed by atoms with Crippen molar-refractivity contribution in [1.29, 1.82) is 0 Å². The highest BCUT2D eigenvalue weighted by Crippen LogP contribution is 2.21. The minimum Gasteiger partial charge on any atom is -0.361 e. The Kier molecular flexibility index (Phi) is 3.40. The zero-order valence-corrected chi connectivity index (χ0v) is 12.1. The summed E-state index contributed by atoms with van der Waals surface area (Å²) < 4.78 is 0. The molecule has 3 rings (SSSR count). The first-order valence-corrected chi connectivity index (χ1v) is 7.37. The van der Waals surface area contributed by atoms with Gasteiger partial charge in [-0.3, -0.25) is 0 Å². The fourth-order valence-corrected chi connectivity index (χ4v) is 3.38. The number of H-pyrrole nitrogens is 1. The van der Waals surface area contributed by atoms with E-state index in [2.05, 4.69) is 54.5 Å². The number of fused-ring (bicyclic) bond motifs is 1. The third kappa shape index (κ3) is 2.57. The molecule has 3 aromatic rings. The predicted octanol–water partition coefficient (Wildman–Crippen LogP) is 4.14. The molecule has 3 heteroatoms. The molecule has 0 bridgehead atoms. The van der Waals surface area contributed by atoms with Gasteiger partial charge in [-0.2, -0.15) is 0 Å². The number of rotatable bonds is 4. The fraction of sp³-hybridized carbons (Fsp3) is 0.250. The molecule has 1 aromatic carbocycles. The first-order valence-electron chi connectivity index (χ1n) is 6.55. The van der Waals surface area contributed by atoms with Crippen LogP contribution in [0.25, 0.3) is 10.9 Å². The van der Waals surface area contributed by atoms with Crippen molar-refractivity contribution in [3.8, 4) is 0 Å². The van der Waals surface area contributed by atoms with Gasteiger partial charge in [-0.05, 0) is 42.5 Å². The first-order chi connectivity index (χ1) is 9.24. The summed E-state index contributed by atoms with van der Waals surface area (Å²) in [5.41, 5.74) is 3.97. The van der Waals surface area contributed by atoms with Crippen molar-refractivity contribution >= 4 is 22.2 Å². The van der Waals surface area contributed by atoms with Gasteiger partial charge in [-0.1, -0.05) is 18.2 Å². The number of hydrogen-bond donors (Lipinski definition) is 2. The molecule has 2 N–H and O–H groups in total. The standard InChI is InChI=1S/C16H18N2S/c1-11-8-15(19-12(11)2)10-17-9-14-5-3-4-13-6-7-18-16(13)14/h3-8,17-18H,9-10H2,1-2H3. The van der Waals surface area contributed by atoms with E-state index >= 15 is 0 Å². The summed E-state index contributed by atoms with van der Waals surface area (Å²) in [4.78, 5) is 6.14. The summed E-state index contributed by atoms with van der Waals surface area (Å²) in [5, 5.41) is 4.81. The highest BCUT2D eigenvalue weighted by Gasteiger charge is 2.03. The average Bonchev–Trinajstić information content (AvgIpc) is 2.98. The summed E-state index contributed by atoms with van der Waals surface area (Å²) in [6.45, 7) is 6.20. The Morgan fingerprint density at radius 1 is 1.16 bits per heavy atom. The average molecular weight is 270 g/mol.